The van der Waals surface area contributed by atoms with Gasteiger partial charge in [0.15, 0.2) is 6.61 Å². The molecular weight excluding hydrogens is 407 g/mol. The molecule has 29 heavy (non-hydrogen) atoms. The lowest BCUT2D eigenvalue weighted by Crippen LogP contribution is -2.24. The van der Waals surface area contributed by atoms with Crippen LogP contribution in [0.4, 0.5) is 0 Å². The van der Waals surface area contributed by atoms with Gasteiger partial charge in [-0.15, -0.1) is 0 Å². The lowest BCUT2D eigenvalue weighted by Gasteiger charge is -2.09. The number of rotatable bonds is 5. The topological polar surface area (TPSA) is 50.7 Å². The number of carbonyl (C=O) groups excluding carboxylic acids is 1. The molecule has 0 unspecified atom stereocenters. The number of ether oxygens (including phenoxy) is 1. The van der Waals surface area contributed by atoms with Gasteiger partial charge < -0.3 is 4.74 Å². The van der Waals surface area contributed by atoms with Crippen LogP contribution in [0.2, 0.25) is 10.0 Å². The van der Waals surface area contributed by atoms with Crippen LogP contribution in [0, 0.1) is 0 Å². The SMILES string of the molecule is O=C(COc1cccc(Cl)c1Cl)NN=Cc1c2ccccc2cc2ccccc12. The van der Waals surface area contributed by atoms with Crippen LogP contribution in [0.15, 0.2) is 77.9 Å². The van der Waals surface area contributed by atoms with E-state index < -0.39 is 5.91 Å². The third kappa shape index (κ3) is 4.19. The van der Waals surface area contributed by atoms with Crippen molar-refractivity contribution in [1.82, 2.24) is 5.43 Å². The van der Waals surface area contributed by atoms with E-state index in [1.165, 1.54) is 0 Å². The number of nitrogens with zero attached hydrogens (tertiary/aromatic N) is 1. The smallest absolute Gasteiger partial charge is 0.277 e. The summed E-state index contributed by atoms with van der Waals surface area (Å²) in [5, 5.41) is 9.11. The number of amides is 1. The van der Waals surface area contributed by atoms with E-state index in [4.69, 9.17) is 27.9 Å². The molecule has 1 amide bonds. The fourth-order valence-corrected chi connectivity index (χ4v) is 3.47. The molecule has 4 aromatic carbocycles. The molecule has 0 heterocycles. The maximum atomic E-state index is 12.1. The van der Waals surface area contributed by atoms with Crippen LogP contribution < -0.4 is 10.2 Å². The van der Waals surface area contributed by atoms with Crippen LogP contribution in [0.1, 0.15) is 5.56 Å². The third-order valence-electron chi connectivity index (χ3n) is 4.47. The summed E-state index contributed by atoms with van der Waals surface area (Å²) in [5.41, 5.74) is 3.44. The van der Waals surface area contributed by atoms with Crippen LogP contribution in [-0.4, -0.2) is 18.7 Å². The average Bonchev–Trinajstić information content (AvgIpc) is 2.74. The van der Waals surface area contributed by atoms with Crippen molar-refractivity contribution in [2.24, 2.45) is 5.10 Å². The molecule has 0 bridgehead atoms. The lowest BCUT2D eigenvalue weighted by atomic mass is 9.97. The van der Waals surface area contributed by atoms with Crippen LogP contribution in [0.25, 0.3) is 21.5 Å². The minimum Gasteiger partial charge on any atom is -0.482 e. The molecule has 0 radical (unpaired) electrons. The number of fused-ring (bicyclic) bond motifs is 2. The molecule has 0 saturated carbocycles. The Kier molecular flexibility index (Phi) is 5.65. The predicted molar refractivity (Wildman–Crippen MR) is 119 cm³/mol. The van der Waals surface area contributed by atoms with E-state index >= 15 is 0 Å². The van der Waals surface area contributed by atoms with Gasteiger partial charge in [-0.05, 0) is 39.7 Å². The summed E-state index contributed by atoms with van der Waals surface area (Å²) in [4.78, 5) is 12.1. The van der Waals surface area contributed by atoms with E-state index in [2.05, 4.69) is 28.7 Å². The van der Waals surface area contributed by atoms with Crippen LogP contribution in [0.5, 0.6) is 5.75 Å². The number of carbonyl (C=O) groups is 1. The van der Waals surface area contributed by atoms with Crippen molar-refractivity contribution in [3.63, 3.8) is 0 Å². The molecule has 0 aliphatic rings. The summed E-state index contributed by atoms with van der Waals surface area (Å²) in [6.07, 6.45) is 1.66. The number of hydrogen-bond donors (Lipinski definition) is 1. The number of benzene rings is 4. The zero-order valence-corrected chi connectivity index (χ0v) is 16.7. The lowest BCUT2D eigenvalue weighted by molar-refractivity contribution is -0.123. The normalized spacial score (nSPS) is 11.2. The van der Waals surface area contributed by atoms with E-state index in [0.717, 1.165) is 27.1 Å². The second-order valence-electron chi connectivity index (χ2n) is 6.37. The molecule has 0 atom stereocenters. The maximum Gasteiger partial charge on any atom is 0.277 e. The maximum absolute atomic E-state index is 12.1. The Hall–Kier alpha value is -3.08. The zero-order chi connectivity index (χ0) is 20.2. The first-order valence-electron chi connectivity index (χ1n) is 8.92. The van der Waals surface area contributed by atoms with Gasteiger partial charge >= 0.3 is 0 Å². The Morgan fingerprint density at radius 1 is 0.931 bits per heavy atom. The predicted octanol–water partition coefficient (Wildman–Crippen LogP) is 5.83. The van der Waals surface area contributed by atoms with Crippen molar-refractivity contribution in [2.45, 2.75) is 0 Å². The first-order chi connectivity index (χ1) is 14.1. The van der Waals surface area contributed by atoms with Gasteiger partial charge in [0.25, 0.3) is 5.91 Å². The highest BCUT2D eigenvalue weighted by Gasteiger charge is 2.08. The molecule has 1 N–H and O–H groups in total. The number of hydrogen-bond acceptors (Lipinski definition) is 3. The van der Waals surface area contributed by atoms with E-state index in [1.54, 1.807) is 24.4 Å². The minimum absolute atomic E-state index is 0.228. The molecule has 4 nitrogen and oxygen atoms in total. The molecule has 4 rings (SSSR count). The molecule has 0 aromatic heterocycles. The second kappa shape index (κ2) is 8.52. The minimum atomic E-state index is -0.401. The highest BCUT2D eigenvalue weighted by molar-refractivity contribution is 6.42. The van der Waals surface area contributed by atoms with Crippen LogP contribution >= 0.6 is 23.2 Å². The molecule has 0 fully saturated rings. The van der Waals surface area contributed by atoms with E-state index in [1.807, 2.05) is 36.4 Å². The van der Waals surface area contributed by atoms with Gasteiger partial charge in [0, 0.05) is 5.56 Å². The van der Waals surface area contributed by atoms with Gasteiger partial charge in [0.05, 0.1) is 11.2 Å². The summed E-state index contributed by atoms with van der Waals surface area (Å²) < 4.78 is 5.42. The fourth-order valence-electron chi connectivity index (χ4n) is 3.13. The molecule has 0 aliphatic carbocycles. The van der Waals surface area contributed by atoms with Gasteiger partial charge in [0.1, 0.15) is 10.8 Å². The quantitative estimate of drug-likeness (QED) is 0.250. The summed E-state index contributed by atoms with van der Waals surface area (Å²) in [5.74, 6) is -0.0554. The standard InChI is InChI=1S/C23H16Cl2N2O2/c24-20-10-5-11-21(23(20)25)29-14-22(28)27-26-13-19-17-8-3-1-6-15(17)12-16-7-2-4-9-18(16)19/h1-13H,14H2,(H,27,28). The Bertz CT molecular complexity index is 1180. The van der Waals surface area contributed by atoms with Crippen molar-refractivity contribution in [1.29, 1.82) is 0 Å². The van der Waals surface area contributed by atoms with Gasteiger partial charge in [-0.25, -0.2) is 5.43 Å². The molecule has 144 valence electrons. The first-order valence-corrected chi connectivity index (χ1v) is 9.68. The monoisotopic (exact) mass is 422 g/mol. The van der Waals surface area contributed by atoms with Gasteiger partial charge in [-0.2, -0.15) is 5.10 Å². The third-order valence-corrected chi connectivity index (χ3v) is 5.27. The van der Waals surface area contributed by atoms with E-state index in [-0.39, 0.29) is 11.6 Å². The summed E-state index contributed by atoms with van der Waals surface area (Å²) in [6.45, 7) is -0.228. The number of halogens is 2. The number of nitrogens with one attached hydrogen (secondary N) is 1. The largest absolute Gasteiger partial charge is 0.482 e. The highest BCUT2D eigenvalue weighted by Crippen LogP contribution is 2.31. The van der Waals surface area contributed by atoms with Crippen molar-refractivity contribution in [2.75, 3.05) is 6.61 Å². The van der Waals surface area contributed by atoms with Crippen molar-refractivity contribution >= 4 is 56.9 Å². The van der Waals surface area contributed by atoms with Crippen molar-refractivity contribution < 1.29 is 9.53 Å². The van der Waals surface area contributed by atoms with E-state index in [0.29, 0.717) is 10.8 Å². The average molecular weight is 423 g/mol. The summed E-state index contributed by atoms with van der Waals surface area (Å²) >= 11 is 12.0. The summed E-state index contributed by atoms with van der Waals surface area (Å²) in [6, 6.07) is 23.3. The Morgan fingerprint density at radius 2 is 1.59 bits per heavy atom. The molecule has 0 saturated heterocycles. The van der Waals surface area contributed by atoms with Gasteiger partial charge in [0.2, 0.25) is 0 Å². The molecule has 0 spiro atoms. The Labute approximate surface area is 177 Å². The molecule has 6 heteroatoms. The molecule has 4 aromatic rings. The van der Waals surface area contributed by atoms with Crippen molar-refractivity contribution in [3.05, 3.63) is 88.4 Å². The highest BCUT2D eigenvalue weighted by atomic mass is 35.5. The van der Waals surface area contributed by atoms with Crippen LogP contribution in [0.3, 0.4) is 0 Å². The van der Waals surface area contributed by atoms with Crippen molar-refractivity contribution in [3.8, 4) is 5.75 Å². The van der Waals surface area contributed by atoms with Gasteiger partial charge in [-0.3, -0.25) is 4.79 Å². The fraction of sp³-hybridized carbons (Fsp3) is 0.0435. The Balaban J connectivity index is 1.52. The zero-order valence-electron chi connectivity index (χ0n) is 15.2. The van der Waals surface area contributed by atoms with Gasteiger partial charge in [-0.1, -0.05) is 77.8 Å². The summed E-state index contributed by atoms with van der Waals surface area (Å²) in [7, 11) is 0. The number of hydrazone groups is 1. The van der Waals surface area contributed by atoms with E-state index in [9.17, 15) is 4.79 Å². The Morgan fingerprint density at radius 3 is 2.28 bits per heavy atom. The molecule has 0 aliphatic heterocycles. The second-order valence-corrected chi connectivity index (χ2v) is 7.15. The molecular formula is C23H16Cl2N2O2. The van der Waals surface area contributed by atoms with Crippen LogP contribution in [-0.2, 0) is 4.79 Å². The first kappa shape index (κ1) is 19.2.